The zero-order chi connectivity index (χ0) is 13.3. The fourth-order valence-corrected chi connectivity index (χ4v) is 2.03. The molecule has 0 fully saturated rings. The number of nitrogens with zero attached hydrogens (tertiary/aromatic N) is 2. The largest absolute Gasteiger partial charge is 0.381 e. The van der Waals surface area contributed by atoms with Gasteiger partial charge in [-0.1, -0.05) is 23.2 Å². The van der Waals surface area contributed by atoms with Gasteiger partial charge in [0.15, 0.2) is 0 Å². The van der Waals surface area contributed by atoms with Crippen LogP contribution in [0.3, 0.4) is 0 Å². The van der Waals surface area contributed by atoms with Crippen molar-refractivity contribution in [2.24, 2.45) is 7.05 Å². The molecule has 96 valence electrons. The van der Waals surface area contributed by atoms with Crippen LogP contribution in [0.5, 0.6) is 0 Å². The maximum atomic E-state index is 13.3. The fourth-order valence-electron chi connectivity index (χ4n) is 1.67. The summed E-state index contributed by atoms with van der Waals surface area (Å²) in [5, 5.41) is 7.98. The molecular weight excluding hydrogens is 276 g/mol. The lowest BCUT2D eigenvalue weighted by Crippen LogP contribution is -2.01. The number of anilines is 1. The van der Waals surface area contributed by atoms with E-state index in [0.717, 1.165) is 11.3 Å². The first-order valence-electron chi connectivity index (χ1n) is 5.36. The van der Waals surface area contributed by atoms with E-state index in [0.29, 0.717) is 17.4 Å². The zero-order valence-electron chi connectivity index (χ0n) is 9.97. The Bertz CT molecular complexity index is 581. The average molecular weight is 288 g/mol. The van der Waals surface area contributed by atoms with Crippen molar-refractivity contribution >= 4 is 28.9 Å². The Balaban J connectivity index is 2.14. The van der Waals surface area contributed by atoms with E-state index in [2.05, 4.69) is 10.4 Å². The minimum atomic E-state index is -0.448. The van der Waals surface area contributed by atoms with Gasteiger partial charge in [0.2, 0.25) is 0 Å². The van der Waals surface area contributed by atoms with E-state index < -0.39 is 5.82 Å². The molecule has 0 radical (unpaired) electrons. The van der Waals surface area contributed by atoms with Crippen LogP contribution in [0.15, 0.2) is 18.2 Å². The van der Waals surface area contributed by atoms with Crippen LogP contribution in [0, 0.1) is 12.7 Å². The molecule has 18 heavy (non-hydrogen) atoms. The van der Waals surface area contributed by atoms with Crippen molar-refractivity contribution in [3.63, 3.8) is 0 Å². The molecule has 1 aromatic heterocycles. The zero-order valence-corrected chi connectivity index (χ0v) is 11.5. The van der Waals surface area contributed by atoms with Crippen molar-refractivity contribution in [3.8, 4) is 0 Å². The topological polar surface area (TPSA) is 29.9 Å². The van der Waals surface area contributed by atoms with E-state index >= 15 is 0 Å². The first kappa shape index (κ1) is 13.2. The van der Waals surface area contributed by atoms with E-state index in [1.807, 2.05) is 6.92 Å². The Labute approximate surface area is 115 Å². The van der Waals surface area contributed by atoms with E-state index in [1.54, 1.807) is 17.8 Å². The predicted octanol–water partition coefficient (Wildman–Crippen LogP) is 3.79. The van der Waals surface area contributed by atoms with Crippen molar-refractivity contribution in [1.29, 1.82) is 0 Å². The molecule has 0 atom stereocenters. The average Bonchev–Trinajstić information content (AvgIpc) is 2.56. The van der Waals surface area contributed by atoms with Gasteiger partial charge in [0, 0.05) is 24.8 Å². The van der Waals surface area contributed by atoms with Crippen LogP contribution in [0.4, 0.5) is 10.1 Å². The SMILES string of the molecule is Cc1nn(C)c(Cl)c1CNc1ccc(Cl)c(F)c1. The summed E-state index contributed by atoms with van der Waals surface area (Å²) in [5.41, 5.74) is 2.40. The normalized spacial score (nSPS) is 10.7. The number of halogens is 3. The minimum Gasteiger partial charge on any atom is -0.381 e. The van der Waals surface area contributed by atoms with Gasteiger partial charge in [0.25, 0.3) is 0 Å². The number of rotatable bonds is 3. The maximum Gasteiger partial charge on any atom is 0.143 e. The molecule has 0 unspecified atom stereocenters. The lowest BCUT2D eigenvalue weighted by atomic mass is 10.2. The molecule has 1 heterocycles. The van der Waals surface area contributed by atoms with Crippen LogP contribution < -0.4 is 5.32 Å². The van der Waals surface area contributed by atoms with Crippen molar-refractivity contribution < 1.29 is 4.39 Å². The number of hydrogen-bond acceptors (Lipinski definition) is 2. The summed E-state index contributed by atoms with van der Waals surface area (Å²) in [6.07, 6.45) is 0. The van der Waals surface area contributed by atoms with Gasteiger partial charge < -0.3 is 5.32 Å². The number of aromatic nitrogens is 2. The van der Waals surface area contributed by atoms with Crippen LogP contribution in [-0.4, -0.2) is 9.78 Å². The number of nitrogens with one attached hydrogen (secondary N) is 1. The summed E-state index contributed by atoms with van der Waals surface area (Å²) >= 11 is 11.7. The third-order valence-corrected chi connectivity index (χ3v) is 3.44. The number of aryl methyl sites for hydroxylation is 2. The Morgan fingerprint density at radius 1 is 1.39 bits per heavy atom. The molecule has 0 aliphatic carbocycles. The summed E-state index contributed by atoms with van der Waals surface area (Å²) in [4.78, 5) is 0. The molecule has 0 saturated carbocycles. The highest BCUT2D eigenvalue weighted by Gasteiger charge is 2.10. The molecule has 1 N–H and O–H groups in total. The molecule has 0 spiro atoms. The second-order valence-corrected chi connectivity index (χ2v) is 4.73. The molecule has 0 aliphatic heterocycles. The van der Waals surface area contributed by atoms with Gasteiger partial charge in [-0.2, -0.15) is 5.10 Å². The summed E-state index contributed by atoms with van der Waals surface area (Å²) in [7, 11) is 1.78. The Morgan fingerprint density at radius 2 is 2.11 bits per heavy atom. The molecule has 0 saturated heterocycles. The Kier molecular flexibility index (Phi) is 3.78. The van der Waals surface area contributed by atoms with Crippen LogP contribution >= 0.6 is 23.2 Å². The van der Waals surface area contributed by atoms with Gasteiger partial charge in [-0.25, -0.2) is 4.39 Å². The van der Waals surface area contributed by atoms with Gasteiger partial charge in [-0.3, -0.25) is 4.68 Å². The van der Waals surface area contributed by atoms with Crippen molar-refractivity contribution in [2.75, 3.05) is 5.32 Å². The smallest absolute Gasteiger partial charge is 0.143 e. The molecule has 0 amide bonds. The molecule has 3 nitrogen and oxygen atoms in total. The van der Waals surface area contributed by atoms with E-state index in [9.17, 15) is 4.39 Å². The highest BCUT2D eigenvalue weighted by molar-refractivity contribution is 6.31. The molecule has 6 heteroatoms. The van der Waals surface area contributed by atoms with E-state index in [1.165, 1.54) is 12.1 Å². The highest BCUT2D eigenvalue weighted by atomic mass is 35.5. The standard InChI is InChI=1S/C12H12Cl2FN3/c1-7-9(12(14)18(2)17-7)6-16-8-3-4-10(13)11(15)5-8/h3-5,16H,6H2,1-2H3. The van der Waals surface area contributed by atoms with Gasteiger partial charge >= 0.3 is 0 Å². The van der Waals surface area contributed by atoms with Gasteiger partial charge in [0.05, 0.1) is 10.7 Å². The van der Waals surface area contributed by atoms with Crippen LogP contribution in [0.25, 0.3) is 0 Å². The first-order chi connectivity index (χ1) is 8.49. The second-order valence-electron chi connectivity index (χ2n) is 3.96. The maximum absolute atomic E-state index is 13.3. The monoisotopic (exact) mass is 287 g/mol. The summed E-state index contributed by atoms with van der Waals surface area (Å²) < 4.78 is 14.9. The first-order valence-corrected chi connectivity index (χ1v) is 6.11. The molecule has 2 rings (SSSR count). The minimum absolute atomic E-state index is 0.108. The second kappa shape index (κ2) is 5.16. The quantitative estimate of drug-likeness (QED) is 0.931. The molecule has 1 aromatic carbocycles. The summed E-state index contributed by atoms with van der Waals surface area (Å²) in [6, 6.07) is 4.57. The van der Waals surface area contributed by atoms with E-state index in [-0.39, 0.29) is 5.02 Å². The third kappa shape index (κ3) is 2.60. The van der Waals surface area contributed by atoms with Crippen molar-refractivity contribution in [1.82, 2.24) is 9.78 Å². The van der Waals surface area contributed by atoms with Crippen LogP contribution in [-0.2, 0) is 13.6 Å². The van der Waals surface area contributed by atoms with Gasteiger partial charge in [-0.15, -0.1) is 0 Å². The van der Waals surface area contributed by atoms with E-state index in [4.69, 9.17) is 23.2 Å². The van der Waals surface area contributed by atoms with Crippen molar-refractivity contribution in [3.05, 3.63) is 45.4 Å². The Morgan fingerprint density at radius 3 is 2.67 bits per heavy atom. The van der Waals surface area contributed by atoms with Crippen LogP contribution in [0.2, 0.25) is 10.2 Å². The molecular formula is C12H12Cl2FN3. The van der Waals surface area contributed by atoms with Gasteiger partial charge in [0.1, 0.15) is 11.0 Å². The third-order valence-electron chi connectivity index (χ3n) is 2.66. The number of benzene rings is 1. The lowest BCUT2D eigenvalue weighted by molar-refractivity contribution is 0.628. The van der Waals surface area contributed by atoms with Crippen molar-refractivity contribution in [2.45, 2.75) is 13.5 Å². The summed E-state index contributed by atoms with van der Waals surface area (Å²) in [6.45, 7) is 2.37. The van der Waals surface area contributed by atoms with Gasteiger partial charge in [-0.05, 0) is 25.1 Å². The fraction of sp³-hybridized carbons (Fsp3) is 0.250. The molecule has 2 aromatic rings. The van der Waals surface area contributed by atoms with Crippen LogP contribution in [0.1, 0.15) is 11.3 Å². The summed E-state index contributed by atoms with van der Waals surface area (Å²) in [5.74, 6) is -0.448. The Hall–Kier alpha value is -1.26. The predicted molar refractivity (Wildman–Crippen MR) is 71.7 cm³/mol. The number of hydrogen-bond donors (Lipinski definition) is 1. The highest BCUT2D eigenvalue weighted by Crippen LogP contribution is 2.22. The molecule has 0 bridgehead atoms. The molecule has 0 aliphatic rings. The lowest BCUT2D eigenvalue weighted by Gasteiger charge is -2.07.